The van der Waals surface area contributed by atoms with Gasteiger partial charge in [-0.05, 0) is 43.7 Å². The normalized spacial score (nSPS) is 19.7. The zero-order valence-corrected chi connectivity index (χ0v) is 10.9. The Hall–Kier alpha value is -0.620. The SMILES string of the molecule is CNC(C)CC(C)Sc1nnnn1C1CC1. The molecule has 2 rings (SSSR count). The molecule has 1 aliphatic rings. The van der Waals surface area contributed by atoms with E-state index in [1.807, 2.05) is 11.7 Å². The van der Waals surface area contributed by atoms with Crippen LogP contribution in [0.15, 0.2) is 5.16 Å². The van der Waals surface area contributed by atoms with Gasteiger partial charge in [-0.1, -0.05) is 18.7 Å². The maximum Gasteiger partial charge on any atom is 0.209 e. The van der Waals surface area contributed by atoms with Gasteiger partial charge in [-0.3, -0.25) is 0 Å². The van der Waals surface area contributed by atoms with Crippen LogP contribution in [0.3, 0.4) is 0 Å². The van der Waals surface area contributed by atoms with Crippen LogP contribution in [0.4, 0.5) is 0 Å². The van der Waals surface area contributed by atoms with Crippen molar-refractivity contribution < 1.29 is 0 Å². The van der Waals surface area contributed by atoms with Crippen LogP contribution < -0.4 is 5.32 Å². The molecule has 0 spiro atoms. The van der Waals surface area contributed by atoms with Crippen LogP contribution in [0.2, 0.25) is 0 Å². The summed E-state index contributed by atoms with van der Waals surface area (Å²) in [5.41, 5.74) is 0. The molecule has 0 radical (unpaired) electrons. The fourth-order valence-corrected chi connectivity index (χ4v) is 2.78. The van der Waals surface area contributed by atoms with Crippen molar-refractivity contribution in [2.45, 2.75) is 55.6 Å². The number of aromatic nitrogens is 4. The van der Waals surface area contributed by atoms with Crippen molar-refractivity contribution in [1.29, 1.82) is 0 Å². The lowest BCUT2D eigenvalue weighted by molar-refractivity contribution is 0.552. The van der Waals surface area contributed by atoms with E-state index in [4.69, 9.17) is 0 Å². The van der Waals surface area contributed by atoms with Crippen LogP contribution in [-0.2, 0) is 0 Å². The number of hydrogen-bond donors (Lipinski definition) is 1. The Morgan fingerprint density at radius 1 is 1.50 bits per heavy atom. The third kappa shape index (κ3) is 2.95. The Morgan fingerprint density at radius 2 is 2.25 bits per heavy atom. The van der Waals surface area contributed by atoms with E-state index in [0.29, 0.717) is 17.3 Å². The Kier molecular flexibility index (Phi) is 3.81. The van der Waals surface area contributed by atoms with E-state index in [2.05, 4.69) is 34.7 Å². The molecule has 0 bridgehead atoms. The molecule has 6 heteroatoms. The predicted octanol–water partition coefficient (Wildman–Crippen LogP) is 1.49. The highest BCUT2D eigenvalue weighted by Gasteiger charge is 2.28. The molecule has 0 aliphatic heterocycles. The second kappa shape index (κ2) is 5.14. The first-order valence-corrected chi connectivity index (χ1v) is 6.70. The average molecular weight is 241 g/mol. The van der Waals surface area contributed by atoms with Crippen molar-refractivity contribution in [2.75, 3.05) is 7.05 Å². The topological polar surface area (TPSA) is 55.6 Å². The lowest BCUT2D eigenvalue weighted by Gasteiger charge is -2.15. The van der Waals surface area contributed by atoms with Crippen molar-refractivity contribution in [3.05, 3.63) is 0 Å². The van der Waals surface area contributed by atoms with Gasteiger partial charge < -0.3 is 5.32 Å². The number of rotatable bonds is 6. The molecule has 0 aromatic carbocycles. The molecule has 1 heterocycles. The first-order chi connectivity index (χ1) is 7.70. The van der Waals surface area contributed by atoms with E-state index >= 15 is 0 Å². The summed E-state index contributed by atoms with van der Waals surface area (Å²) in [7, 11) is 2.00. The van der Waals surface area contributed by atoms with Crippen molar-refractivity contribution in [1.82, 2.24) is 25.5 Å². The molecule has 1 fully saturated rings. The first-order valence-electron chi connectivity index (χ1n) is 5.82. The fourth-order valence-electron chi connectivity index (χ4n) is 1.66. The molecule has 5 nitrogen and oxygen atoms in total. The van der Waals surface area contributed by atoms with Gasteiger partial charge in [-0.15, -0.1) is 5.10 Å². The lowest BCUT2D eigenvalue weighted by Crippen LogP contribution is -2.24. The molecule has 16 heavy (non-hydrogen) atoms. The molecule has 2 atom stereocenters. The van der Waals surface area contributed by atoms with Crippen molar-refractivity contribution in [3.63, 3.8) is 0 Å². The summed E-state index contributed by atoms with van der Waals surface area (Å²) in [5.74, 6) is 0. The number of nitrogens with zero attached hydrogens (tertiary/aromatic N) is 4. The highest BCUT2D eigenvalue weighted by Crippen LogP contribution is 2.37. The van der Waals surface area contributed by atoms with Crippen LogP contribution in [0, 0.1) is 0 Å². The summed E-state index contributed by atoms with van der Waals surface area (Å²) in [6.45, 7) is 4.42. The molecule has 2 unspecified atom stereocenters. The Bertz CT molecular complexity index is 336. The minimum absolute atomic E-state index is 0.533. The lowest BCUT2D eigenvalue weighted by atomic mass is 10.2. The highest BCUT2D eigenvalue weighted by molar-refractivity contribution is 7.99. The monoisotopic (exact) mass is 241 g/mol. The largest absolute Gasteiger partial charge is 0.317 e. The third-order valence-corrected chi connectivity index (χ3v) is 3.91. The Labute approximate surface area is 100 Å². The quantitative estimate of drug-likeness (QED) is 0.765. The average Bonchev–Trinajstić information content (AvgIpc) is 3.00. The molecule has 1 aliphatic carbocycles. The van der Waals surface area contributed by atoms with Crippen molar-refractivity contribution in [2.24, 2.45) is 0 Å². The van der Waals surface area contributed by atoms with Crippen LogP contribution in [0.5, 0.6) is 0 Å². The number of thioether (sulfide) groups is 1. The maximum absolute atomic E-state index is 4.09. The summed E-state index contributed by atoms with van der Waals surface area (Å²) in [5, 5.41) is 16.7. The number of tetrazole rings is 1. The zero-order chi connectivity index (χ0) is 11.5. The van der Waals surface area contributed by atoms with Gasteiger partial charge in [0, 0.05) is 11.3 Å². The smallest absolute Gasteiger partial charge is 0.209 e. The number of hydrogen-bond acceptors (Lipinski definition) is 5. The molecule has 1 aromatic rings. The summed E-state index contributed by atoms with van der Waals surface area (Å²) in [4.78, 5) is 0. The molecule has 0 saturated heterocycles. The molecule has 1 N–H and O–H groups in total. The zero-order valence-electron chi connectivity index (χ0n) is 10.1. The second-order valence-corrected chi connectivity index (χ2v) is 5.90. The van der Waals surface area contributed by atoms with Crippen LogP contribution in [0.25, 0.3) is 0 Å². The van der Waals surface area contributed by atoms with Gasteiger partial charge in [0.2, 0.25) is 5.16 Å². The molecule has 0 amide bonds. The maximum atomic E-state index is 4.09. The summed E-state index contributed by atoms with van der Waals surface area (Å²) in [6.07, 6.45) is 3.57. The van der Waals surface area contributed by atoms with Gasteiger partial charge in [0.25, 0.3) is 0 Å². The minimum atomic E-state index is 0.533. The van der Waals surface area contributed by atoms with Gasteiger partial charge >= 0.3 is 0 Å². The van der Waals surface area contributed by atoms with Crippen LogP contribution in [-0.4, -0.2) is 38.5 Å². The van der Waals surface area contributed by atoms with Crippen molar-refractivity contribution in [3.8, 4) is 0 Å². The Balaban J connectivity index is 1.89. The van der Waals surface area contributed by atoms with Crippen LogP contribution in [0.1, 0.15) is 39.2 Å². The second-order valence-electron chi connectivity index (χ2n) is 4.49. The fraction of sp³-hybridized carbons (Fsp3) is 0.900. The van der Waals surface area contributed by atoms with Gasteiger partial charge in [0.05, 0.1) is 6.04 Å². The van der Waals surface area contributed by atoms with E-state index in [0.717, 1.165) is 11.6 Å². The molecule has 1 saturated carbocycles. The molecule has 90 valence electrons. The van der Waals surface area contributed by atoms with Crippen molar-refractivity contribution >= 4 is 11.8 Å². The van der Waals surface area contributed by atoms with E-state index in [1.165, 1.54) is 12.8 Å². The molecular formula is C10H19N5S. The highest BCUT2D eigenvalue weighted by atomic mass is 32.2. The van der Waals surface area contributed by atoms with Crippen LogP contribution >= 0.6 is 11.8 Å². The van der Waals surface area contributed by atoms with Gasteiger partial charge in [0.1, 0.15) is 0 Å². The minimum Gasteiger partial charge on any atom is -0.317 e. The summed E-state index contributed by atoms with van der Waals surface area (Å²) < 4.78 is 1.98. The Morgan fingerprint density at radius 3 is 2.88 bits per heavy atom. The molecule has 1 aromatic heterocycles. The standard InChI is InChI=1S/C10H19N5S/c1-7(11-3)6-8(2)16-10-12-13-14-15(10)9-4-5-9/h7-9,11H,4-6H2,1-3H3. The van der Waals surface area contributed by atoms with Gasteiger partial charge in [-0.2, -0.15) is 0 Å². The molecular weight excluding hydrogens is 222 g/mol. The third-order valence-electron chi connectivity index (χ3n) is 2.84. The van der Waals surface area contributed by atoms with E-state index < -0.39 is 0 Å². The van der Waals surface area contributed by atoms with E-state index in [9.17, 15) is 0 Å². The first kappa shape index (κ1) is 11.9. The van der Waals surface area contributed by atoms with Gasteiger partial charge in [0.15, 0.2) is 0 Å². The van der Waals surface area contributed by atoms with E-state index in [1.54, 1.807) is 11.8 Å². The van der Waals surface area contributed by atoms with E-state index in [-0.39, 0.29) is 0 Å². The predicted molar refractivity (Wildman–Crippen MR) is 64.5 cm³/mol. The summed E-state index contributed by atoms with van der Waals surface area (Å²) in [6, 6.07) is 1.10. The van der Waals surface area contributed by atoms with Gasteiger partial charge in [-0.25, -0.2) is 4.68 Å². The summed E-state index contributed by atoms with van der Waals surface area (Å²) >= 11 is 1.78. The number of nitrogens with one attached hydrogen (secondary N) is 1.